The van der Waals surface area contributed by atoms with Crippen LogP contribution in [-0.4, -0.2) is 60.4 Å². The Morgan fingerprint density at radius 2 is 1.91 bits per heavy atom. The van der Waals surface area contributed by atoms with Gasteiger partial charge in [-0.1, -0.05) is 18.6 Å². The Labute approximate surface area is 259 Å². The molecule has 4 aromatic rings. The number of carbonyl (C=O) groups excluding carboxylic acids is 1. The van der Waals surface area contributed by atoms with Gasteiger partial charge in [0.1, 0.15) is 5.75 Å². The lowest BCUT2D eigenvalue weighted by Crippen LogP contribution is -2.31. The predicted molar refractivity (Wildman–Crippen MR) is 168 cm³/mol. The summed E-state index contributed by atoms with van der Waals surface area (Å²) in [5, 5.41) is 17.7. The van der Waals surface area contributed by atoms with Crippen molar-refractivity contribution in [2.75, 3.05) is 38.7 Å². The minimum atomic E-state index is -0.735. The fraction of sp³-hybridized carbons (Fsp3) is 0.281. The number of hydrogen-bond acceptors (Lipinski definition) is 9. The van der Waals surface area contributed by atoms with Crippen LogP contribution in [0.2, 0.25) is 0 Å². The van der Waals surface area contributed by atoms with Crippen LogP contribution >= 0.6 is 0 Å². The molecular weight excluding hydrogens is 583 g/mol. The summed E-state index contributed by atoms with van der Waals surface area (Å²) in [6.07, 6.45) is 7.53. The van der Waals surface area contributed by atoms with Crippen LogP contribution in [0.25, 0.3) is 10.9 Å². The molecule has 1 aromatic heterocycles. The van der Waals surface area contributed by atoms with Gasteiger partial charge in [-0.05, 0) is 56.6 Å². The molecule has 12 nitrogen and oxygen atoms in total. The average molecular weight is 617 g/mol. The van der Waals surface area contributed by atoms with Crippen LogP contribution in [-0.2, 0) is 0 Å². The zero-order chi connectivity index (χ0) is 31.6. The lowest BCUT2D eigenvalue weighted by Gasteiger charge is -2.26. The molecule has 0 aliphatic carbocycles. The minimum Gasteiger partial charge on any atom is -0.493 e. The number of fused-ring (bicyclic) bond motifs is 1. The number of urea groups is 1. The summed E-state index contributed by atoms with van der Waals surface area (Å²) in [6.45, 7) is 3.82. The number of likely N-dealkylation sites (tertiary alicyclic amines) is 1. The third-order valence-corrected chi connectivity index (χ3v) is 7.18. The number of nitro benzene ring substituents is 1. The molecule has 5 rings (SSSR count). The van der Waals surface area contributed by atoms with Gasteiger partial charge >= 0.3 is 6.03 Å². The topological polar surface area (TPSA) is 140 Å². The zero-order valence-corrected chi connectivity index (χ0v) is 24.7. The summed E-state index contributed by atoms with van der Waals surface area (Å²) in [4.78, 5) is 29.5. The molecule has 2 amide bonds. The third kappa shape index (κ3) is 8.42. The Balaban J connectivity index is 1.20. The SMILES string of the molecule is COc1cc2c(Oc3ccc(NC(=O)N/N=C/c4cccc([N+](=O)[O-])c4)cc3F)ccnc2cc1OCCCN1CCCCC1. The van der Waals surface area contributed by atoms with E-state index in [1.165, 1.54) is 55.8 Å². The maximum atomic E-state index is 15.0. The van der Waals surface area contributed by atoms with E-state index in [2.05, 4.69) is 25.7 Å². The van der Waals surface area contributed by atoms with E-state index in [0.29, 0.717) is 40.3 Å². The van der Waals surface area contributed by atoms with E-state index in [9.17, 15) is 14.9 Å². The van der Waals surface area contributed by atoms with Crippen molar-refractivity contribution < 1.29 is 28.3 Å². The molecule has 0 radical (unpaired) electrons. The molecule has 2 N–H and O–H groups in total. The van der Waals surface area contributed by atoms with Crippen molar-refractivity contribution >= 4 is 34.5 Å². The molecule has 13 heteroatoms. The fourth-order valence-electron chi connectivity index (χ4n) is 4.97. The van der Waals surface area contributed by atoms with Crippen LogP contribution in [0.15, 0.2) is 72.0 Å². The van der Waals surface area contributed by atoms with Gasteiger partial charge in [0.15, 0.2) is 23.1 Å². The van der Waals surface area contributed by atoms with Gasteiger partial charge < -0.3 is 24.4 Å². The van der Waals surface area contributed by atoms with E-state index in [4.69, 9.17) is 14.2 Å². The number of hydrogen-bond donors (Lipinski definition) is 2. The van der Waals surface area contributed by atoms with Crippen molar-refractivity contribution in [1.82, 2.24) is 15.3 Å². The number of aromatic nitrogens is 1. The summed E-state index contributed by atoms with van der Waals surface area (Å²) >= 11 is 0. The summed E-state index contributed by atoms with van der Waals surface area (Å²) < 4.78 is 32.6. The molecule has 234 valence electrons. The van der Waals surface area contributed by atoms with E-state index >= 15 is 4.39 Å². The first-order valence-electron chi connectivity index (χ1n) is 14.5. The Kier molecular flexibility index (Phi) is 10.3. The van der Waals surface area contributed by atoms with Gasteiger partial charge in [-0.3, -0.25) is 15.1 Å². The second-order valence-electron chi connectivity index (χ2n) is 10.4. The molecule has 0 unspecified atom stereocenters. The summed E-state index contributed by atoms with van der Waals surface area (Å²) in [7, 11) is 1.55. The molecule has 45 heavy (non-hydrogen) atoms. The number of nitrogens with one attached hydrogen (secondary N) is 2. The number of hydrazone groups is 1. The van der Waals surface area contributed by atoms with Crippen molar-refractivity contribution in [2.24, 2.45) is 5.10 Å². The van der Waals surface area contributed by atoms with Gasteiger partial charge in [0.25, 0.3) is 5.69 Å². The molecule has 3 aromatic carbocycles. The number of anilines is 1. The van der Waals surface area contributed by atoms with Gasteiger partial charge in [-0.2, -0.15) is 5.10 Å². The highest BCUT2D eigenvalue weighted by Gasteiger charge is 2.15. The Hall–Kier alpha value is -5.30. The lowest BCUT2D eigenvalue weighted by molar-refractivity contribution is -0.384. The minimum absolute atomic E-state index is 0.0610. The molecule has 1 saturated heterocycles. The number of pyridine rings is 1. The number of carbonyl (C=O) groups is 1. The average Bonchev–Trinajstić information content (AvgIpc) is 3.04. The van der Waals surface area contributed by atoms with Gasteiger partial charge in [0.05, 0.1) is 30.4 Å². The van der Waals surface area contributed by atoms with E-state index < -0.39 is 16.8 Å². The monoisotopic (exact) mass is 616 g/mol. The molecule has 1 aliphatic rings. The second-order valence-corrected chi connectivity index (χ2v) is 10.4. The first-order valence-corrected chi connectivity index (χ1v) is 14.5. The first-order chi connectivity index (χ1) is 21.9. The van der Waals surface area contributed by atoms with Crippen molar-refractivity contribution in [3.8, 4) is 23.0 Å². The number of benzene rings is 3. The molecule has 0 spiro atoms. The van der Waals surface area contributed by atoms with E-state index in [0.717, 1.165) is 32.1 Å². The van der Waals surface area contributed by atoms with Crippen molar-refractivity contribution in [3.05, 3.63) is 88.4 Å². The normalized spacial score (nSPS) is 13.5. The van der Waals surface area contributed by atoms with E-state index in [1.54, 1.807) is 37.6 Å². The predicted octanol–water partition coefficient (Wildman–Crippen LogP) is 6.49. The Bertz CT molecular complexity index is 1690. The van der Waals surface area contributed by atoms with Crippen LogP contribution < -0.4 is 25.0 Å². The standard InChI is InChI=1S/C32H33FN6O6/c1-43-30-19-25-27(20-31(30)44-16-6-15-38-13-3-2-4-14-38)34-12-11-28(25)45-29-10-9-23(18-26(29)33)36-32(40)37-35-21-22-7-5-8-24(17-22)39(41)42/h5,7-12,17-21H,2-4,6,13-16H2,1H3,(H2,36,37,40)/b35-21+. The highest BCUT2D eigenvalue weighted by Crippen LogP contribution is 2.38. The smallest absolute Gasteiger partial charge is 0.339 e. The summed E-state index contributed by atoms with van der Waals surface area (Å²) in [5.41, 5.74) is 3.31. The number of non-ortho nitro benzene ring substituents is 1. The van der Waals surface area contributed by atoms with Crippen molar-refractivity contribution in [1.29, 1.82) is 0 Å². The van der Waals surface area contributed by atoms with Crippen molar-refractivity contribution in [2.45, 2.75) is 25.7 Å². The highest BCUT2D eigenvalue weighted by molar-refractivity contribution is 5.91. The van der Waals surface area contributed by atoms with Crippen LogP contribution in [0.5, 0.6) is 23.0 Å². The fourth-order valence-corrected chi connectivity index (χ4v) is 4.97. The van der Waals surface area contributed by atoms with Gasteiger partial charge in [-0.25, -0.2) is 14.6 Å². The second kappa shape index (κ2) is 14.9. The highest BCUT2D eigenvalue weighted by atomic mass is 19.1. The maximum absolute atomic E-state index is 15.0. The molecule has 0 bridgehead atoms. The van der Waals surface area contributed by atoms with Crippen LogP contribution in [0.3, 0.4) is 0 Å². The summed E-state index contributed by atoms with van der Waals surface area (Å²) in [6, 6.07) is 14.2. The van der Waals surface area contributed by atoms with Gasteiger partial charge in [0, 0.05) is 53.6 Å². The molecule has 0 saturated carbocycles. The Morgan fingerprint density at radius 3 is 2.69 bits per heavy atom. The molecule has 1 aliphatic heterocycles. The number of halogens is 1. The largest absolute Gasteiger partial charge is 0.493 e. The van der Waals surface area contributed by atoms with Crippen LogP contribution in [0.4, 0.5) is 20.6 Å². The molecule has 0 atom stereocenters. The first kappa shape index (κ1) is 31.1. The quantitative estimate of drug-likeness (QED) is 0.0796. The number of rotatable bonds is 12. The van der Waals surface area contributed by atoms with E-state index in [1.807, 2.05) is 0 Å². The van der Waals surface area contributed by atoms with E-state index in [-0.39, 0.29) is 17.1 Å². The zero-order valence-electron chi connectivity index (χ0n) is 24.7. The number of nitro groups is 1. The van der Waals surface area contributed by atoms with Crippen LogP contribution in [0, 0.1) is 15.9 Å². The summed E-state index contributed by atoms with van der Waals surface area (Å²) in [5.74, 6) is 0.676. The van der Waals surface area contributed by atoms with Gasteiger partial charge in [0.2, 0.25) is 0 Å². The van der Waals surface area contributed by atoms with Gasteiger partial charge in [-0.15, -0.1) is 0 Å². The number of amides is 2. The molecular formula is C32H33FN6O6. The van der Waals surface area contributed by atoms with Crippen molar-refractivity contribution in [3.63, 3.8) is 0 Å². The number of nitrogens with zero attached hydrogens (tertiary/aromatic N) is 4. The number of methoxy groups -OCH3 is 1. The lowest BCUT2D eigenvalue weighted by atomic mass is 10.1. The maximum Gasteiger partial charge on any atom is 0.339 e. The molecule has 2 heterocycles. The molecule has 1 fully saturated rings. The number of piperidine rings is 1. The Morgan fingerprint density at radius 1 is 1.07 bits per heavy atom. The third-order valence-electron chi connectivity index (χ3n) is 7.18. The number of ether oxygens (including phenoxy) is 3. The van der Waals surface area contributed by atoms with Crippen LogP contribution in [0.1, 0.15) is 31.2 Å².